The van der Waals surface area contributed by atoms with Crippen molar-refractivity contribution in [3.8, 4) is 0 Å². The fourth-order valence-electron chi connectivity index (χ4n) is 6.62. The molecule has 6 nitrogen and oxygen atoms in total. The van der Waals surface area contributed by atoms with Gasteiger partial charge in [0.2, 0.25) is 5.91 Å². The molecule has 2 aliphatic carbocycles. The van der Waals surface area contributed by atoms with Gasteiger partial charge in [0.25, 0.3) is 0 Å². The molecule has 3 heterocycles. The normalized spacial score (nSPS) is 27.2. The van der Waals surface area contributed by atoms with E-state index in [4.69, 9.17) is 0 Å². The first-order valence-electron chi connectivity index (χ1n) is 12.5. The number of carbonyl (C=O) groups excluding carboxylic acids is 2. The summed E-state index contributed by atoms with van der Waals surface area (Å²) in [6.45, 7) is 1.48. The molecule has 1 N–H and O–H groups in total. The molecule has 1 aromatic heterocycles. The molecule has 2 aliphatic heterocycles. The lowest BCUT2D eigenvalue weighted by Crippen LogP contribution is -2.68. The molecule has 31 heavy (non-hydrogen) atoms. The van der Waals surface area contributed by atoms with E-state index in [1.807, 2.05) is 17.3 Å². The van der Waals surface area contributed by atoms with Gasteiger partial charge in [0.15, 0.2) is 0 Å². The molecule has 1 atom stereocenters. The summed E-state index contributed by atoms with van der Waals surface area (Å²) >= 11 is 0. The van der Waals surface area contributed by atoms with Crippen LogP contribution in [0.5, 0.6) is 0 Å². The first-order valence-corrected chi connectivity index (χ1v) is 12.5. The van der Waals surface area contributed by atoms with Gasteiger partial charge < -0.3 is 15.1 Å². The zero-order valence-corrected chi connectivity index (χ0v) is 18.6. The summed E-state index contributed by atoms with van der Waals surface area (Å²) in [5.41, 5.74) is 1.03. The lowest BCUT2D eigenvalue weighted by atomic mass is 9.59. The van der Waals surface area contributed by atoms with Crippen molar-refractivity contribution in [2.24, 2.45) is 5.41 Å². The first kappa shape index (κ1) is 20.8. The largest absolute Gasteiger partial charge is 0.335 e. The van der Waals surface area contributed by atoms with E-state index < -0.39 is 0 Å². The summed E-state index contributed by atoms with van der Waals surface area (Å²) in [5, 5.41) is 3.25. The number of nitrogens with one attached hydrogen (secondary N) is 1. The van der Waals surface area contributed by atoms with Crippen molar-refractivity contribution >= 4 is 11.9 Å². The molecule has 2 saturated heterocycles. The van der Waals surface area contributed by atoms with Crippen LogP contribution < -0.4 is 5.32 Å². The minimum atomic E-state index is -0.199. The molecule has 2 saturated carbocycles. The SMILES string of the molecule is O=C(NC1CCCCC1)N1CCC(N2C(=O)C3(CCCCC3)C2c2ccncc2)CC1. The van der Waals surface area contributed by atoms with E-state index in [-0.39, 0.29) is 23.5 Å². The fraction of sp³-hybridized carbons (Fsp3) is 0.720. The summed E-state index contributed by atoms with van der Waals surface area (Å²) in [6, 6.07) is 5.03. The van der Waals surface area contributed by atoms with E-state index >= 15 is 0 Å². The van der Waals surface area contributed by atoms with Crippen LogP contribution in [0, 0.1) is 5.41 Å². The number of urea groups is 1. The van der Waals surface area contributed by atoms with Gasteiger partial charge in [0.1, 0.15) is 0 Å². The number of amides is 3. The Morgan fingerprint density at radius 1 is 0.935 bits per heavy atom. The molecular formula is C25H36N4O2. The zero-order valence-electron chi connectivity index (χ0n) is 18.6. The van der Waals surface area contributed by atoms with Crippen LogP contribution in [0.4, 0.5) is 4.79 Å². The lowest BCUT2D eigenvalue weighted by molar-refractivity contribution is -0.186. The van der Waals surface area contributed by atoms with Crippen molar-refractivity contribution in [3.63, 3.8) is 0 Å². The summed E-state index contributed by atoms with van der Waals surface area (Å²) in [6.07, 6.45) is 17.0. The number of β-lactam (4-membered cyclic amide) rings is 1. The van der Waals surface area contributed by atoms with E-state index in [0.717, 1.165) is 64.5 Å². The fourth-order valence-corrected chi connectivity index (χ4v) is 6.62. The maximum atomic E-state index is 13.5. The van der Waals surface area contributed by atoms with Crippen LogP contribution in [0.25, 0.3) is 0 Å². The van der Waals surface area contributed by atoms with Gasteiger partial charge in [-0.2, -0.15) is 0 Å². The second-order valence-electron chi connectivity index (χ2n) is 10.1. The zero-order chi connectivity index (χ0) is 21.3. The van der Waals surface area contributed by atoms with Crippen LogP contribution in [0.3, 0.4) is 0 Å². The topological polar surface area (TPSA) is 65.5 Å². The minimum absolute atomic E-state index is 0.0923. The molecule has 1 unspecified atom stereocenters. The van der Waals surface area contributed by atoms with Crippen molar-refractivity contribution in [1.29, 1.82) is 0 Å². The number of rotatable bonds is 3. The Kier molecular flexibility index (Phi) is 5.89. The Labute approximate surface area is 185 Å². The van der Waals surface area contributed by atoms with E-state index in [9.17, 15) is 9.59 Å². The Hall–Kier alpha value is -2.11. The van der Waals surface area contributed by atoms with E-state index in [0.29, 0.717) is 11.9 Å². The molecule has 6 heteroatoms. The number of aromatic nitrogens is 1. The van der Waals surface area contributed by atoms with E-state index in [2.05, 4.69) is 27.3 Å². The summed E-state index contributed by atoms with van der Waals surface area (Å²) in [4.78, 5) is 34.6. The Morgan fingerprint density at radius 2 is 1.58 bits per heavy atom. The van der Waals surface area contributed by atoms with Crippen LogP contribution in [0.15, 0.2) is 24.5 Å². The molecule has 1 spiro atoms. The maximum absolute atomic E-state index is 13.5. The van der Waals surface area contributed by atoms with Crippen molar-refractivity contribution < 1.29 is 9.59 Å². The minimum Gasteiger partial charge on any atom is -0.335 e. The quantitative estimate of drug-likeness (QED) is 0.731. The van der Waals surface area contributed by atoms with Gasteiger partial charge in [-0.25, -0.2) is 4.79 Å². The number of pyridine rings is 1. The Balaban J connectivity index is 1.25. The molecular weight excluding hydrogens is 388 g/mol. The Morgan fingerprint density at radius 3 is 2.26 bits per heavy atom. The highest BCUT2D eigenvalue weighted by Crippen LogP contribution is 2.59. The Bertz CT molecular complexity index is 778. The number of carbonyl (C=O) groups is 2. The molecule has 0 aromatic carbocycles. The van der Waals surface area contributed by atoms with Crippen LogP contribution in [0.2, 0.25) is 0 Å². The summed E-state index contributed by atoms with van der Waals surface area (Å²) in [5.74, 6) is 0.360. The standard InChI is InChI=1S/C25H36N4O2/c30-23-25(13-5-2-6-14-25)22(19-9-15-26-16-10-19)29(23)21-11-17-28(18-12-21)24(31)27-20-7-3-1-4-8-20/h9-10,15-16,20-22H,1-8,11-14,17-18H2,(H,27,31). The summed E-state index contributed by atoms with van der Waals surface area (Å²) in [7, 11) is 0. The van der Waals surface area contributed by atoms with Crippen molar-refractivity contribution in [1.82, 2.24) is 20.1 Å². The monoisotopic (exact) mass is 424 g/mol. The smallest absolute Gasteiger partial charge is 0.317 e. The van der Waals surface area contributed by atoms with Gasteiger partial charge in [0.05, 0.1) is 11.5 Å². The van der Waals surface area contributed by atoms with Gasteiger partial charge in [-0.3, -0.25) is 9.78 Å². The molecule has 0 bridgehead atoms. The van der Waals surface area contributed by atoms with Gasteiger partial charge in [0, 0.05) is 37.6 Å². The van der Waals surface area contributed by atoms with Crippen LogP contribution in [0.1, 0.15) is 88.7 Å². The van der Waals surface area contributed by atoms with Crippen LogP contribution in [-0.2, 0) is 4.79 Å². The highest BCUT2D eigenvalue weighted by Gasteiger charge is 2.62. The van der Waals surface area contributed by atoms with Crippen molar-refractivity contribution in [3.05, 3.63) is 30.1 Å². The second-order valence-corrected chi connectivity index (χ2v) is 10.1. The van der Waals surface area contributed by atoms with Crippen molar-refractivity contribution in [2.75, 3.05) is 13.1 Å². The predicted molar refractivity (Wildman–Crippen MR) is 119 cm³/mol. The number of hydrogen-bond donors (Lipinski definition) is 1. The van der Waals surface area contributed by atoms with Crippen LogP contribution >= 0.6 is 0 Å². The molecule has 5 rings (SSSR count). The second kappa shape index (κ2) is 8.79. The number of hydrogen-bond acceptors (Lipinski definition) is 3. The van der Waals surface area contributed by atoms with Gasteiger partial charge in [-0.1, -0.05) is 38.5 Å². The highest BCUT2D eigenvalue weighted by atomic mass is 16.2. The first-order chi connectivity index (χ1) is 15.2. The van der Waals surface area contributed by atoms with E-state index in [1.54, 1.807) is 0 Å². The average Bonchev–Trinajstić information content (AvgIpc) is 2.84. The number of likely N-dealkylation sites (tertiary alicyclic amines) is 2. The number of nitrogens with zero attached hydrogens (tertiary/aromatic N) is 3. The van der Waals surface area contributed by atoms with Gasteiger partial charge in [-0.15, -0.1) is 0 Å². The maximum Gasteiger partial charge on any atom is 0.317 e. The summed E-state index contributed by atoms with van der Waals surface area (Å²) < 4.78 is 0. The molecule has 3 amide bonds. The molecule has 0 radical (unpaired) electrons. The average molecular weight is 425 g/mol. The van der Waals surface area contributed by atoms with Crippen molar-refractivity contribution in [2.45, 2.75) is 95.2 Å². The molecule has 168 valence electrons. The predicted octanol–water partition coefficient (Wildman–Crippen LogP) is 4.42. The van der Waals surface area contributed by atoms with E-state index in [1.165, 1.54) is 31.2 Å². The van der Waals surface area contributed by atoms with Gasteiger partial charge in [-0.05, 0) is 56.2 Å². The number of piperidine rings is 1. The molecule has 1 aromatic rings. The molecule has 4 aliphatic rings. The third kappa shape index (κ3) is 3.83. The van der Waals surface area contributed by atoms with Gasteiger partial charge >= 0.3 is 6.03 Å². The third-order valence-corrected chi connectivity index (χ3v) is 8.31. The van der Waals surface area contributed by atoms with Crippen LogP contribution in [-0.4, -0.2) is 51.9 Å². The lowest BCUT2D eigenvalue weighted by Gasteiger charge is -2.61. The highest BCUT2D eigenvalue weighted by molar-refractivity contribution is 5.91. The third-order valence-electron chi connectivity index (χ3n) is 8.31. The molecule has 4 fully saturated rings.